The number of hydrogen-bond acceptors (Lipinski definition) is 2. The van der Waals surface area contributed by atoms with E-state index in [1.165, 1.54) is 6.07 Å². The summed E-state index contributed by atoms with van der Waals surface area (Å²) in [7, 11) is 0. The van der Waals surface area contributed by atoms with Crippen molar-refractivity contribution < 1.29 is 4.39 Å². The third-order valence-electron chi connectivity index (χ3n) is 2.97. The summed E-state index contributed by atoms with van der Waals surface area (Å²) in [5, 5.41) is 1.02. The Labute approximate surface area is 121 Å². The fourth-order valence-corrected chi connectivity index (χ4v) is 2.60. The van der Waals surface area contributed by atoms with E-state index in [0.717, 1.165) is 5.56 Å². The van der Waals surface area contributed by atoms with Crippen molar-refractivity contribution in [2.75, 3.05) is 0 Å². The number of hydrazine groups is 1. The topological polar surface area (TPSA) is 38.0 Å². The van der Waals surface area contributed by atoms with E-state index in [0.29, 0.717) is 21.2 Å². The summed E-state index contributed by atoms with van der Waals surface area (Å²) >= 11 is 12.3. The molecule has 0 bridgehead atoms. The molecule has 3 N–H and O–H groups in total. The number of aryl methyl sites for hydroxylation is 1. The molecule has 100 valence electrons. The summed E-state index contributed by atoms with van der Waals surface area (Å²) in [4.78, 5) is 0. The maximum atomic E-state index is 13.3. The van der Waals surface area contributed by atoms with Gasteiger partial charge >= 0.3 is 0 Å². The molecule has 2 rings (SSSR count). The van der Waals surface area contributed by atoms with Gasteiger partial charge in [0.2, 0.25) is 0 Å². The van der Waals surface area contributed by atoms with Crippen LogP contribution >= 0.6 is 23.2 Å². The smallest absolute Gasteiger partial charge is 0.126 e. The lowest BCUT2D eigenvalue weighted by Gasteiger charge is -2.20. The van der Waals surface area contributed by atoms with Crippen molar-refractivity contribution in [2.24, 2.45) is 5.84 Å². The molecule has 0 radical (unpaired) electrons. The highest BCUT2D eigenvalue weighted by molar-refractivity contribution is 6.36. The van der Waals surface area contributed by atoms with Gasteiger partial charge in [-0.15, -0.1) is 0 Å². The van der Waals surface area contributed by atoms with Gasteiger partial charge in [0.05, 0.1) is 6.04 Å². The number of benzene rings is 2. The van der Waals surface area contributed by atoms with Crippen LogP contribution in [0.4, 0.5) is 4.39 Å². The fourth-order valence-electron chi connectivity index (χ4n) is 1.98. The van der Waals surface area contributed by atoms with Gasteiger partial charge in [-0.05, 0) is 36.2 Å². The van der Waals surface area contributed by atoms with Crippen LogP contribution in [0.1, 0.15) is 22.7 Å². The molecule has 19 heavy (non-hydrogen) atoms. The second-order valence-electron chi connectivity index (χ2n) is 4.24. The fraction of sp³-hybridized carbons (Fsp3) is 0.143. The first kappa shape index (κ1) is 14.3. The third-order valence-corrected chi connectivity index (χ3v) is 3.63. The van der Waals surface area contributed by atoms with Crippen molar-refractivity contribution in [2.45, 2.75) is 13.0 Å². The van der Waals surface area contributed by atoms with Crippen LogP contribution in [0.3, 0.4) is 0 Å². The third kappa shape index (κ3) is 2.90. The average Bonchev–Trinajstić information content (AvgIpc) is 2.37. The summed E-state index contributed by atoms with van der Waals surface area (Å²) in [5.74, 6) is 5.34. The Bertz CT molecular complexity index is 582. The van der Waals surface area contributed by atoms with E-state index in [1.807, 2.05) is 0 Å². The van der Waals surface area contributed by atoms with E-state index < -0.39 is 0 Å². The molecule has 1 unspecified atom stereocenters. The minimum atomic E-state index is -0.388. The molecule has 0 aromatic heterocycles. The molecule has 2 aromatic carbocycles. The second-order valence-corrected chi connectivity index (χ2v) is 5.06. The zero-order chi connectivity index (χ0) is 14.0. The molecule has 0 aliphatic rings. The largest absolute Gasteiger partial charge is 0.271 e. The summed E-state index contributed by atoms with van der Waals surface area (Å²) in [5.41, 5.74) is 4.70. The number of nitrogens with one attached hydrogen (secondary N) is 1. The molecule has 5 heteroatoms. The van der Waals surface area contributed by atoms with Crippen molar-refractivity contribution in [1.29, 1.82) is 0 Å². The van der Waals surface area contributed by atoms with Crippen LogP contribution in [0.5, 0.6) is 0 Å². The van der Waals surface area contributed by atoms with Gasteiger partial charge in [0.15, 0.2) is 0 Å². The van der Waals surface area contributed by atoms with Crippen LogP contribution in [0, 0.1) is 12.7 Å². The van der Waals surface area contributed by atoms with Crippen LogP contribution in [0.25, 0.3) is 0 Å². The van der Waals surface area contributed by atoms with Gasteiger partial charge in [-0.2, -0.15) is 0 Å². The molecule has 0 amide bonds. The minimum absolute atomic E-state index is 0.259. The molecule has 0 fully saturated rings. The minimum Gasteiger partial charge on any atom is -0.271 e. The van der Waals surface area contributed by atoms with E-state index in [-0.39, 0.29) is 11.9 Å². The average molecular weight is 299 g/mol. The Morgan fingerprint density at radius 3 is 2.32 bits per heavy atom. The van der Waals surface area contributed by atoms with Crippen LogP contribution in [0.2, 0.25) is 10.0 Å². The first-order valence-electron chi connectivity index (χ1n) is 5.70. The maximum absolute atomic E-state index is 13.3. The normalized spacial score (nSPS) is 12.5. The van der Waals surface area contributed by atoms with Crippen molar-refractivity contribution >= 4 is 23.2 Å². The van der Waals surface area contributed by atoms with Gasteiger partial charge in [0.25, 0.3) is 0 Å². The Hall–Kier alpha value is -1.13. The van der Waals surface area contributed by atoms with Crippen molar-refractivity contribution in [3.63, 3.8) is 0 Å². The molecule has 0 saturated heterocycles. The molecule has 1 atom stereocenters. The Balaban J connectivity index is 2.53. The second kappa shape index (κ2) is 5.88. The van der Waals surface area contributed by atoms with E-state index >= 15 is 0 Å². The molecular formula is C14H13Cl2FN2. The van der Waals surface area contributed by atoms with E-state index in [4.69, 9.17) is 29.0 Å². The lowest BCUT2D eigenvalue weighted by molar-refractivity contribution is 0.608. The first-order chi connectivity index (χ1) is 9.04. The summed E-state index contributed by atoms with van der Waals surface area (Å²) < 4.78 is 13.3. The molecule has 0 saturated carbocycles. The van der Waals surface area contributed by atoms with Crippen LogP contribution in [-0.2, 0) is 0 Å². The molecule has 2 nitrogen and oxygen atoms in total. The van der Waals surface area contributed by atoms with Crippen LogP contribution in [-0.4, -0.2) is 0 Å². The lowest BCUT2D eigenvalue weighted by Crippen LogP contribution is -2.29. The van der Waals surface area contributed by atoms with E-state index in [2.05, 4.69) is 5.43 Å². The van der Waals surface area contributed by atoms with E-state index in [9.17, 15) is 4.39 Å². The van der Waals surface area contributed by atoms with Gasteiger partial charge in [-0.3, -0.25) is 5.84 Å². The monoisotopic (exact) mass is 298 g/mol. The predicted octanol–water partition coefficient (Wildman–Crippen LogP) is 3.99. The molecule has 0 heterocycles. The zero-order valence-electron chi connectivity index (χ0n) is 10.3. The standard InChI is InChI=1S/C14H13Cl2FN2/c1-8-7-9(5-6-12(8)17)14(19-18)13-10(15)3-2-4-11(13)16/h2-7,14,19H,18H2,1H3. The first-order valence-corrected chi connectivity index (χ1v) is 6.46. The van der Waals surface area contributed by atoms with Crippen LogP contribution in [0.15, 0.2) is 36.4 Å². The highest BCUT2D eigenvalue weighted by Crippen LogP contribution is 2.34. The molecule has 0 aliphatic carbocycles. The summed E-state index contributed by atoms with van der Waals surface area (Å²) in [6.45, 7) is 1.70. The highest BCUT2D eigenvalue weighted by atomic mass is 35.5. The molecular weight excluding hydrogens is 286 g/mol. The summed E-state index contributed by atoms with van der Waals surface area (Å²) in [6, 6.07) is 9.64. The number of rotatable bonds is 3. The Kier molecular flexibility index (Phi) is 4.42. The number of nitrogens with two attached hydrogens (primary N) is 1. The Morgan fingerprint density at radius 2 is 1.79 bits per heavy atom. The number of hydrogen-bond donors (Lipinski definition) is 2. The van der Waals surface area contributed by atoms with Crippen molar-refractivity contribution in [1.82, 2.24) is 5.43 Å². The SMILES string of the molecule is Cc1cc(C(NN)c2c(Cl)cccc2Cl)ccc1F. The molecule has 0 spiro atoms. The van der Waals surface area contributed by atoms with Gasteiger partial charge in [-0.25, -0.2) is 9.82 Å². The number of halogens is 3. The molecule has 0 aliphatic heterocycles. The van der Waals surface area contributed by atoms with Crippen molar-refractivity contribution in [3.05, 3.63) is 69.0 Å². The quantitative estimate of drug-likeness (QED) is 0.664. The van der Waals surface area contributed by atoms with Gasteiger partial charge in [-0.1, -0.05) is 41.4 Å². The lowest BCUT2D eigenvalue weighted by atomic mass is 9.97. The van der Waals surface area contributed by atoms with Crippen LogP contribution < -0.4 is 11.3 Å². The van der Waals surface area contributed by atoms with Gasteiger partial charge in [0.1, 0.15) is 5.82 Å². The van der Waals surface area contributed by atoms with Gasteiger partial charge < -0.3 is 0 Å². The molecule has 2 aromatic rings. The maximum Gasteiger partial charge on any atom is 0.126 e. The highest BCUT2D eigenvalue weighted by Gasteiger charge is 2.19. The summed E-state index contributed by atoms with van der Waals surface area (Å²) in [6.07, 6.45) is 0. The van der Waals surface area contributed by atoms with E-state index in [1.54, 1.807) is 37.3 Å². The Morgan fingerprint density at radius 1 is 1.16 bits per heavy atom. The van der Waals surface area contributed by atoms with Gasteiger partial charge in [0, 0.05) is 15.6 Å². The zero-order valence-corrected chi connectivity index (χ0v) is 11.8. The van der Waals surface area contributed by atoms with Crippen molar-refractivity contribution in [3.8, 4) is 0 Å². The predicted molar refractivity (Wildman–Crippen MR) is 76.8 cm³/mol.